The van der Waals surface area contributed by atoms with Gasteiger partial charge >= 0.3 is 11.9 Å². The first-order valence-corrected chi connectivity index (χ1v) is 9.31. The minimum absolute atomic E-state index is 0.192. The lowest BCUT2D eigenvalue weighted by atomic mass is 9.99. The first-order chi connectivity index (χ1) is 14.0. The van der Waals surface area contributed by atoms with E-state index in [1.807, 2.05) is 12.2 Å². The Morgan fingerprint density at radius 1 is 0.833 bits per heavy atom. The predicted octanol–water partition coefficient (Wildman–Crippen LogP) is -3.25. The Kier molecular flexibility index (Phi) is 12.2. The number of aliphatic hydroxyl groups excluding tert-OH is 2. The molecule has 0 spiro atoms. The van der Waals surface area contributed by atoms with E-state index in [0.717, 1.165) is 0 Å². The van der Waals surface area contributed by atoms with Gasteiger partial charge in [0.25, 0.3) is 0 Å². The van der Waals surface area contributed by atoms with E-state index in [9.17, 15) is 34.2 Å². The zero-order valence-corrected chi connectivity index (χ0v) is 16.8. The zero-order valence-electron chi connectivity index (χ0n) is 16.8. The molecule has 0 fully saturated rings. The number of nitrogens with one attached hydrogen (secondary N) is 3. The van der Waals surface area contributed by atoms with Crippen LogP contribution in [-0.2, 0) is 24.0 Å². The lowest BCUT2D eigenvalue weighted by Crippen LogP contribution is -2.59. The molecule has 5 unspecified atom stereocenters. The van der Waals surface area contributed by atoms with Crippen molar-refractivity contribution in [3.05, 3.63) is 0 Å². The number of carboxylic acid groups (broad SMARTS) is 2. The van der Waals surface area contributed by atoms with Crippen LogP contribution in [-0.4, -0.2) is 87.5 Å². The molecule has 0 aliphatic rings. The van der Waals surface area contributed by atoms with Crippen LogP contribution in [0.4, 0.5) is 0 Å². The maximum Gasteiger partial charge on any atom is 0.326 e. The minimum atomic E-state index is -1.60. The van der Waals surface area contributed by atoms with Crippen LogP contribution in [0.3, 0.4) is 0 Å². The number of carbonyl (C=O) groups excluding carboxylic acids is 3. The van der Waals surface area contributed by atoms with Gasteiger partial charge < -0.3 is 42.1 Å². The second-order valence-electron chi connectivity index (χ2n) is 6.73. The Balaban J connectivity index is 5.03. The molecule has 0 aromatic heterocycles. The maximum atomic E-state index is 12.3. The third kappa shape index (κ3) is 9.15. The third-order valence-electron chi connectivity index (χ3n) is 4.45. The van der Waals surface area contributed by atoms with Crippen LogP contribution in [0.15, 0.2) is 0 Å². The highest BCUT2D eigenvalue weighted by atomic mass is 16.4. The summed E-state index contributed by atoms with van der Waals surface area (Å²) in [4.78, 5) is 58.3. The smallest absolute Gasteiger partial charge is 0.326 e. The second-order valence-corrected chi connectivity index (χ2v) is 6.73. The standard InChI is InChI=1S/C17H30N4O9/c1-3-8(2)13(18)16(28)21-11(7-23)15(27)20-10(6-22)14(26)19-9(17(29)30)4-5-12(24)25/h8-11,13,22-23H,3-7,18H2,1-2H3,(H,19,26)(H,20,27)(H,21,28)(H,24,25)(H,29,30). The predicted molar refractivity (Wildman–Crippen MR) is 102 cm³/mol. The number of amides is 3. The largest absolute Gasteiger partial charge is 0.481 e. The summed E-state index contributed by atoms with van der Waals surface area (Å²) in [5, 5.41) is 42.8. The summed E-state index contributed by atoms with van der Waals surface area (Å²) < 4.78 is 0. The number of rotatable bonds is 14. The Labute approximate surface area is 173 Å². The summed E-state index contributed by atoms with van der Waals surface area (Å²) in [6, 6.07) is -5.55. The molecule has 30 heavy (non-hydrogen) atoms. The number of hydrogen-bond donors (Lipinski definition) is 8. The fourth-order valence-electron chi connectivity index (χ4n) is 2.24. The van der Waals surface area contributed by atoms with Gasteiger partial charge in [-0.15, -0.1) is 0 Å². The Morgan fingerprint density at radius 3 is 1.63 bits per heavy atom. The van der Waals surface area contributed by atoms with Crippen molar-refractivity contribution in [2.75, 3.05) is 13.2 Å². The van der Waals surface area contributed by atoms with Crippen LogP contribution in [0.2, 0.25) is 0 Å². The Bertz CT molecular complexity index is 628. The first kappa shape index (κ1) is 27.2. The molecule has 5 atom stereocenters. The Morgan fingerprint density at radius 2 is 1.27 bits per heavy atom. The number of aliphatic hydroxyl groups is 2. The monoisotopic (exact) mass is 434 g/mol. The lowest BCUT2D eigenvalue weighted by molar-refractivity contribution is -0.143. The van der Waals surface area contributed by atoms with Gasteiger partial charge in [0.05, 0.1) is 19.3 Å². The van der Waals surface area contributed by atoms with Gasteiger partial charge in [0, 0.05) is 6.42 Å². The van der Waals surface area contributed by atoms with E-state index in [1.165, 1.54) is 0 Å². The van der Waals surface area contributed by atoms with Crippen LogP contribution < -0.4 is 21.7 Å². The van der Waals surface area contributed by atoms with Gasteiger partial charge in [0.2, 0.25) is 17.7 Å². The molecular weight excluding hydrogens is 404 g/mol. The van der Waals surface area contributed by atoms with E-state index in [1.54, 1.807) is 6.92 Å². The van der Waals surface area contributed by atoms with Gasteiger partial charge in [0.1, 0.15) is 18.1 Å². The van der Waals surface area contributed by atoms with E-state index in [0.29, 0.717) is 6.42 Å². The van der Waals surface area contributed by atoms with Crippen LogP contribution in [0.1, 0.15) is 33.1 Å². The van der Waals surface area contributed by atoms with Crippen molar-refractivity contribution in [2.45, 2.75) is 57.3 Å². The minimum Gasteiger partial charge on any atom is -0.481 e. The van der Waals surface area contributed by atoms with Crippen LogP contribution >= 0.6 is 0 Å². The molecule has 13 heteroatoms. The highest BCUT2D eigenvalue weighted by Gasteiger charge is 2.30. The SMILES string of the molecule is CCC(C)C(N)C(=O)NC(CO)C(=O)NC(CO)C(=O)NC(CCC(=O)O)C(=O)O. The van der Waals surface area contributed by atoms with Gasteiger partial charge in [-0.3, -0.25) is 19.2 Å². The molecule has 0 aromatic rings. The average molecular weight is 434 g/mol. The quantitative estimate of drug-likeness (QED) is 0.136. The summed E-state index contributed by atoms with van der Waals surface area (Å²) in [5.74, 6) is -5.73. The molecule has 0 saturated carbocycles. The van der Waals surface area contributed by atoms with E-state index < -0.39 is 79.9 Å². The molecule has 0 radical (unpaired) electrons. The maximum absolute atomic E-state index is 12.3. The molecule has 3 amide bonds. The van der Waals surface area contributed by atoms with Crippen molar-refractivity contribution in [2.24, 2.45) is 11.7 Å². The van der Waals surface area contributed by atoms with Crippen molar-refractivity contribution >= 4 is 29.7 Å². The Hall–Kier alpha value is -2.77. The first-order valence-electron chi connectivity index (χ1n) is 9.31. The molecule has 0 aromatic carbocycles. The fraction of sp³-hybridized carbons (Fsp3) is 0.706. The number of nitrogens with two attached hydrogens (primary N) is 1. The molecule has 0 rings (SSSR count). The van der Waals surface area contributed by atoms with E-state index in [4.69, 9.17) is 15.9 Å². The summed E-state index contributed by atoms with van der Waals surface area (Å²) >= 11 is 0. The van der Waals surface area contributed by atoms with Crippen molar-refractivity contribution in [1.29, 1.82) is 0 Å². The number of carboxylic acids is 2. The zero-order chi connectivity index (χ0) is 23.4. The molecule has 13 nitrogen and oxygen atoms in total. The topological polar surface area (TPSA) is 228 Å². The van der Waals surface area contributed by atoms with Crippen LogP contribution in [0, 0.1) is 5.92 Å². The van der Waals surface area contributed by atoms with E-state index in [-0.39, 0.29) is 5.92 Å². The number of aliphatic carboxylic acids is 2. The van der Waals surface area contributed by atoms with Crippen molar-refractivity contribution < 1.29 is 44.4 Å². The normalized spacial score (nSPS) is 15.8. The molecule has 9 N–H and O–H groups in total. The molecule has 172 valence electrons. The summed E-state index contributed by atoms with van der Waals surface area (Å²) in [6.45, 7) is 1.81. The van der Waals surface area contributed by atoms with E-state index >= 15 is 0 Å². The number of carbonyl (C=O) groups is 5. The summed E-state index contributed by atoms with van der Waals surface area (Å²) in [6.07, 6.45) is -0.336. The van der Waals surface area contributed by atoms with Gasteiger partial charge in [-0.2, -0.15) is 0 Å². The highest BCUT2D eigenvalue weighted by Crippen LogP contribution is 2.05. The second kappa shape index (κ2) is 13.5. The van der Waals surface area contributed by atoms with Gasteiger partial charge in [-0.25, -0.2) is 4.79 Å². The van der Waals surface area contributed by atoms with E-state index in [2.05, 4.69) is 10.6 Å². The van der Waals surface area contributed by atoms with Gasteiger partial charge in [-0.1, -0.05) is 20.3 Å². The van der Waals surface area contributed by atoms with Crippen molar-refractivity contribution in [1.82, 2.24) is 16.0 Å². The average Bonchev–Trinajstić information content (AvgIpc) is 2.70. The van der Waals surface area contributed by atoms with Gasteiger partial charge in [0.15, 0.2) is 0 Å². The molecule has 0 aliphatic carbocycles. The third-order valence-corrected chi connectivity index (χ3v) is 4.45. The van der Waals surface area contributed by atoms with Crippen LogP contribution in [0.25, 0.3) is 0 Å². The summed E-state index contributed by atoms with van der Waals surface area (Å²) in [7, 11) is 0. The molecular formula is C17H30N4O9. The highest BCUT2D eigenvalue weighted by molar-refractivity contribution is 5.94. The molecule has 0 heterocycles. The molecule has 0 saturated heterocycles. The van der Waals surface area contributed by atoms with Crippen molar-refractivity contribution in [3.8, 4) is 0 Å². The van der Waals surface area contributed by atoms with Crippen LogP contribution in [0.5, 0.6) is 0 Å². The molecule has 0 bridgehead atoms. The van der Waals surface area contributed by atoms with Gasteiger partial charge in [-0.05, 0) is 12.3 Å². The fourth-order valence-corrected chi connectivity index (χ4v) is 2.24. The molecule has 0 aliphatic heterocycles. The summed E-state index contributed by atoms with van der Waals surface area (Å²) in [5.41, 5.74) is 5.76. The number of hydrogen-bond acceptors (Lipinski definition) is 8. The lowest BCUT2D eigenvalue weighted by Gasteiger charge is -2.24. The van der Waals surface area contributed by atoms with Crippen molar-refractivity contribution in [3.63, 3.8) is 0 Å².